The monoisotopic (exact) mass is 444 g/mol. The highest BCUT2D eigenvalue weighted by Crippen LogP contribution is 2.35. The van der Waals surface area contributed by atoms with Crippen LogP contribution in [0.25, 0.3) is 0 Å². The first-order chi connectivity index (χ1) is 11.6. The van der Waals surface area contributed by atoms with Gasteiger partial charge in [0.15, 0.2) is 11.6 Å². The zero-order chi connectivity index (χ0) is 17.1. The molecule has 0 aromatic heterocycles. The lowest BCUT2D eigenvalue weighted by molar-refractivity contribution is 0.0270. The van der Waals surface area contributed by atoms with E-state index >= 15 is 0 Å². The van der Waals surface area contributed by atoms with E-state index in [1.807, 2.05) is 28.9 Å². The molecule has 1 aliphatic rings. The zero-order valence-electron chi connectivity index (χ0n) is 12.6. The van der Waals surface area contributed by atoms with Crippen LogP contribution in [0.15, 0.2) is 42.5 Å². The maximum absolute atomic E-state index is 14.4. The number of amides is 1. The number of nitrogens with zero attached hydrogens (tertiary/aromatic N) is 1. The van der Waals surface area contributed by atoms with E-state index in [9.17, 15) is 13.6 Å². The smallest absolute Gasteiger partial charge is 0.277 e. The Kier molecular flexibility index (Phi) is 5.30. The molecule has 2 aromatic carbocycles. The van der Waals surface area contributed by atoms with Crippen molar-refractivity contribution in [3.8, 4) is 0 Å². The first-order valence-corrected chi connectivity index (χ1v) is 8.45. The van der Waals surface area contributed by atoms with Gasteiger partial charge in [-0.1, -0.05) is 18.2 Å². The number of carbonyl (C=O) groups is 1. The van der Waals surface area contributed by atoms with Gasteiger partial charge in [0.2, 0.25) is 0 Å². The highest BCUT2D eigenvalue weighted by molar-refractivity contribution is 14.1. The van der Waals surface area contributed by atoms with Gasteiger partial charge in [-0.15, -0.1) is 0 Å². The predicted octanol–water partition coefficient (Wildman–Crippen LogP) is 4.52. The molecule has 3 rings (SSSR count). The van der Waals surface area contributed by atoms with Crippen LogP contribution in [0.5, 0.6) is 0 Å². The molecule has 2 aromatic rings. The summed E-state index contributed by atoms with van der Waals surface area (Å²) in [6.07, 6.45) is 2.17. The SMILES string of the molecule is O=C(NOCC1CC1)c1ccc(F)c(F)c1N(I)c1ccccc1. The molecular formula is C17H15F2IN2O2. The van der Waals surface area contributed by atoms with Crippen molar-refractivity contribution in [2.24, 2.45) is 5.92 Å². The first kappa shape index (κ1) is 17.1. The summed E-state index contributed by atoms with van der Waals surface area (Å²) in [6, 6.07) is 11.0. The molecule has 0 spiro atoms. The molecule has 0 atom stereocenters. The summed E-state index contributed by atoms with van der Waals surface area (Å²) in [6.45, 7) is 0.428. The normalized spacial score (nSPS) is 13.6. The van der Waals surface area contributed by atoms with E-state index in [1.54, 1.807) is 24.3 Å². The second-order valence-corrected chi connectivity index (χ2v) is 6.52. The summed E-state index contributed by atoms with van der Waals surface area (Å²) in [7, 11) is 0. The molecule has 4 nitrogen and oxygen atoms in total. The Morgan fingerprint density at radius 3 is 2.58 bits per heavy atom. The number of halogens is 3. The molecule has 7 heteroatoms. The fraction of sp³-hybridized carbons (Fsp3) is 0.235. The standard InChI is InChI=1S/C17H15F2IN2O2/c18-14-9-8-13(17(23)21-24-10-11-6-7-11)16(15(14)19)22(20)12-4-2-1-3-5-12/h1-5,8-9,11H,6-7,10H2,(H,21,23). The molecule has 24 heavy (non-hydrogen) atoms. The number of benzene rings is 2. The molecule has 1 fully saturated rings. The average molecular weight is 444 g/mol. The number of para-hydroxylation sites is 1. The number of hydrogen-bond donors (Lipinski definition) is 1. The molecule has 1 amide bonds. The maximum atomic E-state index is 14.4. The minimum absolute atomic E-state index is 0.00273. The van der Waals surface area contributed by atoms with Gasteiger partial charge in [0.05, 0.1) is 40.7 Å². The second-order valence-electron chi connectivity index (χ2n) is 5.56. The van der Waals surface area contributed by atoms with Crippen LogP contribution in [0.4, 0.5) is 20.2 Å². The van der Waals surface area contributed by atoms with Gasteiger partial charge in [-0.05, 0) is 43.0 Å². The number of nitrogens with one attached hydrogen (secondary N) is 1. The zero-order valence-corrected chi connectivity index (χ0v) is 14.8. The molecule has 1 aliphatic carbocycles. The Hall–Kier alpha value is -1.74. The number of hydrogen-bond acceptors (Lipinski definition) is 3. The van der Waals surface area contributed by atoms with Crippen LogP contribution in [0, 0.1) is 17.6 Å². The van der Waals surface area contributed by atoms with Crippen molar-refractivity contribution in [3.05, 3.63) is 59.7 Å². The van der Waals surface area contributed by atoms with Crippen LogP contribution < -0.4 is 8.59 Å². The quantitative estimate of drug-likeness (QED) is 0.405. The van der Waals surface area contributed by atoms with E-state index < -0.39 is 17.5 Å². The summed E-state index contributed by atoms with van der Waals surface area (Å²) in [4.78, 5) is 17.5. The average Bonchev–Trinajstić information content (AvgIpc) is 3.41. The largest absolute Gasteiger partial charge is 0.279 e. The molecule has 0 unspecified atom stereocenters. The van der Waals surface area contributed by atoms with Crippen molar-refractivity contribution in [2.45, 2.75) is 12.8 Å². The van der Waals surface area contributed by atoms with Gasteiger partial charge in [-0.2, -0.15) is 0 Å². The third kappa shape index (κ3) is 3.84. The van der Waals surface area contributed by atoms with Crippen molar-refractivity contribution in [2.75, 3.05) is 9.72 Å². The van der Waals surface area contributed by atoms with E-state index in [0.29, 0.717) is 18.2 Å². The van der Waals surface area contributed by atoms with E-state index in [2.05, 4.69) is 5.48 Å². The van der Waals surface area contributed by atoms with Crippen molar-refractivity contribution in [1.82, 2.24) is 5.48 Å². The fourth-order valence-electron chi connectivity index (χ4n) is 2.17. The summed E-state index contributed by atoms with van der Waals surface area (Å²) in [5.74, 6) is -2.23. The summed E-state index contributed by atoms with van der Waals surface area (Å²) >= 11 is 1.84. The van der Waals surface area contributed by atoms with Crippen LogP contribution >= 0.6 is 22.9 Å². The van der Waals surface area contributed by atoms with Crippen LogP contribution in [-0.2, 0) is 4.84 Å². The Bertz CT molecular complexity index is 739. The lowest BCUT2D eigenvalue weighted by atomic mass is 10.1. The number of carbonyl (C=O) groups excluding carboxylic acids is 1. The number of anilines is 2. The van der Waals surface area contributed by atoms with E-state index in [-0.39, 0.29) is 11.3 Å². The van der Waals surface area contributed by atoms with Gasteiger partial charge in [0.25, 0.3) is 5.91 Å². The van der Waals surface area contributed by atoms with Crippen LogP contribution in [0.1, 0.15) is 23.2 Å². The maximum Gasteiger partial charge on any atom is 0.277 e. The number of hydroxylamine groups is 1. The molecule has 0 radical (unpaired) electrons. The third-order valence-corrected chi connectivity index (χ3v) is 4.71. The first-order valence-electron chi connectivity index (χ1n) is 7.49. The van der Waals surface area contributed by atoms with Crippen molar-refractivity contribution < 1.29 is 18.4 Å². The van der Waals surface area contributed by atoms with Crippen molar-refractivity contribution >= 4 is 40.1 Å². The highest BCUT2D eigenvalue weighted by Gasteiger charge is 2.25. The van der Waals surface area contributed by atoms with Crippen molar-refractivity contribution in [1.29, 1.82) is 0 Å². The molecule has 0 bridgehead atoms. The van der Waals surface area contributed by atoms with Gasteiger partial charge in [-0.3, -0.25) is 12.7 Å². The molecule has 1 N–H and O–H groups in total. The summed E-state index contributed by atoms with van der Waals surface area (Å²) in [5.41, 5.74) is 2.79. The molecule has 0 heterocycles. The van der Waals surface area contributed by atoms with E-state index in [1.165, 1.54) is 9.18 Å². The minimum Gasteiger partial charge on any atom is -0.279 e. The molecule has 0 aliphatic heterocycles. The van der Waals surface area contributed by atoms with E-state index in [0.717, 1.165) is 18.9 Å². The molecular weight excluding hydrogens is 429 g/mol. The minimum atomic E-state index is -1.08. The Morgan fingerprint density at radius 1 is 1.21 bits per heavy atom. The summed E-state index contributed by atoms with van der Waals surface area (Å²) in [5, 5.41) is 0. The fourth-order valence-corrected chi connectivity index (χ4v) is 2.96. The van der Waals surface area contributed by atoms with Gasteiger partial charge in [0, 0.05) is 0 Å². The topological polar surface area (TPSA) is 41.6 Å². The van der Waals surface area contributed by atoms with Crippen molar-refractivity contribution in [3.63, 3.8) is 0 Å². The lowest BCUT2D eigenvalue weighted by Crippen LogP contribution is -2.26. The van der Waals surface area contributed by atoms with Crippen LogP contribution in [0.3, 0.4) is 0 Å². The molecule has 0 saturated heterocycles. The Morgan fingerprint density at radius 2 is 1.92 bits per heavy atom. The van der Waals surface area contributed by atoms with Gasteiger partial charge in [-0.25, -0.2) is 14.3 Å². The second kappa shape index (κ2) is 7.43. The lowest BCUT2D eigenvalue weighted by Gasteiger charge is -2.20. The predicted molar refractivity (Wildman–Crippen MR) is 95.1 cm³/mol. The highest BCUT2D eigenvalue weighted by atomic mass is 127. The van der Waals surface area contributed by atoms with E-state index in [4.69, 9.17) is 4.84 Å². The van der Waals surface area contributed by atoms with Crippen LogP contribution in [-0.4, -0.2) is 12.5 Å². The summed E-state index contributed by atoms with van der Waals surface area (Å²) < 4.78 is 29.5. The molecule has 126 valence electrons. The van der Waals surface area contributed by atoms with Gasteiger partial charge >= 0.3 is 0 Å². The Labute approximate surface area is 152 Å². The van der Waals surface area contributed by atoms with Crippen LogP contribution in [0.2, 0.25) is 0 Å². The number of rotatable bonds is 6. The van der Waals surface area contributed by atoms with Gasteiger partial charge in [0.1, 0.15) is 5.69 Å². The molecule has 1 saturated carbocycles. The third-order valence-electron chi connectivity index (χ3n) is 3.67. The van der Waals surface area contributed by atoms with Gasteiger partial charge < -0.3 is 0 Å². The Balaban J connectivity index is 1.88.